The molecule has 644 valence electrons. The van der Waals surface area contributed by atoms with Gasteiger partial charge in [0.2, 0.25) is 17.1 Å². The van der Waals surface area contributed by atoms with Crippen LogP contribution in [-0.4, -0.2) is 154 Å². The number of ether oxygens (including phenoxy) is 4. The second kappa shape index (κ2) is 37.8. The van der Waals surface area contributed by atoms with Gasteiger partial charge in [0, 0.05) is 104 Å². The molecule has 4 aliphatic rings. The number of halogens is 2. The molecule has 12 aromatic rings. The fourth-order valence-corrected chi connectivity index (χ4v) is 23.3. The molecule has 4 aliphatic heterocycles. The van der Waals surface area contributed by atoms with Crippen molar-refractivity contribution in [1.82, 2.24) is 59.5 Å². The maximum atomic E-state index is 12.7. The number of hydrogen-bond donors (Lipinski definition) is 4. The number of carbonyl (C=O) groups excluding carboxylic acids is 7. The summed E-state index contributed by atoms with van der Waals surface area (Å²) in [5.74, 6) is -0.235. The third kappa shape index (κ3) is 21.6. The summed E-state index contributed by atoms with van der Waals surface area (Å²) in [6, 6.07) is 7.56. The minimum atomic E-state index is -0.560. The molecule has 0 unspecified atom stereocenters. The van der Waals surface area contributed by atoms with Crippen LogP contribution in [0.2, 0.25) is 0 Å². The van der Waals surface area contributed by atoms with Crippen LogP contribution in [0.4, 0.5) is 39.2 Å². The maximum absolute atomic E-state index is 12.7. The van der Waals surface area contributed by atoms with E-state index in [9.17, 15) is 33.6 Å². The van der Waals surface area contributed by atoms with E-state index in [4.69, 9.17) is 73.6 Å². The molecular weight excluding hydrogens is 1750 g/mol. The number of thiazole rings is 4. The molecule has 37 heteroatoms. The number of aromatic nitrogens is 8. The van der Waals surface area contributed by atoms with Gasteiger partial charge in [0.05, 0.1) is 78.8 Å². The zero-order chi connectivity index (χ0) is 88.4. The molecule has 12 aromatic heterocycles. The van der Waals surface area contributed by atoms with E-state index in [0.29, 0.717) is 44.9 Å². The van der Waals surface area contributed by atoms with E-state index in [1.807, 2.05) is 135 Å². The van der Waals surface area contributed by atoms with Crippen LogP contribution in [0.1, 0.15) is 171 Å². The van der Waals surface area contributed by atoms with Gasteiger partial charge in [-0.15, -0.1) is 102 Å². The Balaban J connectivity index is 0.000000145. The summed E-state index contributed by atoms with van der Waals surface area (Å²) in [5.41, 5.74) is 22.6. The number of nitrogens with zero attached hydrogens (tertiary/aromatic N) is 12. The number of carbonyl (C=O) groups is 7. The lowest BCUT2D eigenvalue weighted by molar-refractivity contribution is -0.112. The molecule has 0 fully saturated rings. The van der Waals surface area contributed by atoms with E-state index in [2.05, 4.69) is 43.7 Å². The Morgan fingerprint density at radius 1 is 0.459 bits per heavy atom. The molecule has 16 rings (SSSR count). The number of pyridine rings is 4. The van der Waals surface area contributed by atoms with Crippen LogP contribution in [-0.2, 0) is 72.1 Å². The van der Waals surface area contributed by atoms with Crippen LogP contribution in [0.15, 0.2) is 99.2 Å². The monoisotopic (exact) mass is 1840 g/mol. The van der Waals surface area contributed by atoms with E-state index in [-0.39, 0.29) is 72.0 Å². The topological polar surface area (TPSA) is 349 Å². The Bertz CT molecular complexity index is 5770. The number of anilines is 4. The van der Waals surface area contributed by atoms with Gasteiger partial charge in [-0.1, -0.05) is 13.2 Å². The molecule has 6 N–H and O–H groups in total. The highest BCUT2D eigenvalue weighted by Gasteiger charge is 2.41. The lowest BCUT2D eigenvalue weighted by atomic mass is 9.97. The van der Waals surface area contributed by atoms with E-state index >= 15 is 0 Å². The maximum Gasteiger partial charge on any atom is 0.410 e. The third-order valence-corrected chi connectivity index (χ3v) is 28.5. The summed E-state index contributed by atoms with van der Waals surface area (Å²) < 4.78 is 26.6. The van der Waals surface area contributed by atoms with Crippen molar-refractivity contribution >= 4 is 216 Å². The number of amides is 6. The highest BCUT2D eigenvalue weighted by Crippen LogP contribution is 2.52. The van der Waals surface area contributed by atoms with Crippen molar-refractivity contribution in [3.8, 4) is 42.3 Å². The second-order valence-corrected chi connectivity index (χ2v) is 42.2. The Hall–Kier alpha value is -9.69. The number of nitrogens with two attached hydrogens (primary N) is 2. The summed E-state index contributed by atoms with van der Waals surface area (Å²) in [5, 5.41) is 12.0. The van der Waals surface area contributed by atoms with Crippen molar-refractivity contribution in [2.24, 2.45) is 0 Å². The summed E-state index contributed by atoms with van der Waals surface area (Å²) in [6.45, 7) is 39.8. The predicted molar refractivity (Wildman–Crippen MR) is 496 cm³/mol. The smallest absolute Gasteiger partial charge is 0.410 e. The molecular formula is C85H96Cl2N16O11S8. The zero-order valence-electron chi connectivity index (χ0n) is 70.4. The first-order chi connectivity index (χ1) is 57.6. The van der Waals surface area contributed by atoms with Gasteiger partial charge < -0.3 is 60.6 Å². The fraction of sp³-hybridized carbons (Fsp3) is 0.400. The molecule has 0 bridgehead atoms. The Morgan fingerprint density at radius 3 is 1.11 bits per heavy atom. The number of rotatable bonds is 10. The number of thiophene rings is 4. The molecule has 0 saturated heterocycles. The van der Waals surface area contributed by atoms with Crippen molar-refractivity contribution < 1.29 is 52.5 Å². The number of alkyl halides is 1. The SMILES string of the molecule is C=CC(=O)Nc1sc2c(c1-c1nc3cnccc3s1)CCN(C(=O)OC(C)(C)C)[C@H]2C.C=CC(=O)Nc1sc2c(c1-c1nc3cnccc3s1)C[C@H](C)N(C(=O)OC(C)(C)C)C2.C[C@H]1Cc2c(sc(N)c2-c2nc3cnccc3s2)CN1C(=O)OC(C)(C)C.C[C@H]1c2sc(N)c(-c3nc4cnccc4s3)c2CCN1C(=O)OC(C)(C)C.O=C(Cl)CCCl. The predicted octanol–water partition coefficient (Wildman–Crippen LogP) is 21.5. The average Bonchev–Trinajstić information content (AvgIpc) is 1.61. The average molecular weight is 1850 g/mol. The first-order valence-electron chi connectivity index (χ1n) is 39.1. The summed E-state index contributed by atoms with van der Waals surface area (Å²) >= 11 is 22.4. The van der Waals surface area contributed by atoms with Crippen LogP contribution < -0.4 is 22.1 Å². The number of fused-ring (bicyclic) bond motifs is 8. The molecule has 4 atom stereocenters. The lowest BCUT2D eigenvalue weighted by Crippen LogP contribution is -2.44. The minimum absolute atomic E-state index is 0.0381. The largest absolute Gasteiger partial charge is 0.444 e. The highest BCUT2D eigenvalue weighted by molar-refractivity contribution is 7.24. The first-order valence-corrected chi connectivity index (χ1v) is 46.6. The second-order valence-electron chi connectivity index (χ2n) is 32.9. The van der Waals surface area contributed by atoms with Crippen LogP contribution in [0.25, 0.3) is 83.2 Å². The minimum Gasteiger partial charge on any atom is -0.444 e. The zero-order valence-corrected chi connectivity index (χ0v) is 78.5. The van der Waals surface area contributed by atoms with Gasteiger partial charge in [-0.3, -0.25) is 34.3 Å². The van der Waals surface area contributed by atoms with Crippen LogP contribution in [0.3, 0.4) is 0 Å². The van der Waals surface area contributed by atoms with Crippen molar-refractivity contribution in [1.29, 1.82) is 0 Å². The molecule has 0 radical (unpaired) electrons. The van der Waals surface area contributed by atoms with Gasteiger partial charge in [0.1, 0.15) is 74.5 Å². The normalized spacial score (nSPS) is 16.2. The standard InChI is InChI=1S/2C22H24N4O3S2.2C19H22N4O2S2.C3H4Cl2O/c1-6-16(27)25-20-17(19-24-14-11-23-9-7-15(14)30-19)13-8-10-26(12(2)18(13)31-20)21(28)29-22(3,4)5;1-6-17(27)25-20-18(19-24-14-10-23-8-7-15(14)30-19)13-9-12(2)26(11-16(13)31-20)21(28)29-22(3,4)5;1-10-15-11(6-8-23(10)18(24)25-19(2,3)4)14(16(20)27-15)17-22-12-9-21-7-5-13(12)26-17;1-10-7-11-14(9-23(10)18(24)25-19(2,3)4)26-16(20)15(11)17-22-12-8-21-6-5-13(12)27-17;4-2-1-3(5)6/h6-7,9,11-12H,1,8,10H2,2-5H3,(H,25,27);6-8,10,12H,1,9,11H2,2-5H3,(H,25,27);5,7,9-10H,6,8,20H2,1-4H3;5-6,8,10H,7,9,20H2,1-4H3;1-2H2/t2*12-;2*10-;/m0000./s1. The lowest BCUT2D eigenvalue weighted by Gasteiger charge is -2.35. The molecule has 122 heavy (non-hydrogen) atoms. The Kier molecular flexibility index (Phi) is 28.3. The van der Waals surface area contributed by atoms with Crippen molar-refractivity contribution in [3.05, 3.63) is 141 Å². The van der Waals surface area contributed by atoms with E-state index in [0.717, 1.165) is 147 Å². The van der Waals surface area contributed by atoms with Crippen LogP contribution in [0.5, 0.6) is 0 Å². The summed E-state index contributed by atoms with van der Waals surface area (Å²) in [6.07, 6.45) is 18.4. The van der Waals surface area contributed by atoms with Crippen LogP contribution in [0, 0.1) is 0 Å². The third-order valence-electron chi connectivity index (χ3n) is 19.2. The van der Waals surface area contributed by atoms with E-state index in [1.165, 1.54) is 46.0 Å². The van der Waals surface area contributed by atoms with Gasteiger partial charge in [-0.05, 0) is 207 Å². The number of nitrogens with one attached hydrogen (secondary N) is 2. The fourth-order valence-electron chi connectivity index (χ4n) is 13.8. The number of hydrogen-bond acceptors (Lipinski definition) is 29. The van der Waals surface area contributed by atoms with Gasteiger partial charge in [0.25, 0.3) is 0 Å². The van der Waals surface area contributed by atoms with Crippen molar-refractivity contribution in [2.45, 2.75) is 203 Å². The van der Waals surface area contributed by atoms with Gasteiger partial charge in [0.15, 0.2) is 0 Å². The first kappa shape index (κ1) is 91.5. The van der Waals surface area contributed by atoms with E-state index in [1.54, 1.807) is 137 Å². The molecule has 6 amide bonds. The Labute approximate surface area is 748 Å². The molecule has 16 heterocycles. The summed E-state index contributed by atoms with van der Waals surface area (Å²) in [4.78, 5) is 132. The Morgan fingerprint density at radius 2 is 0.770 bits per heavy atom. The van der Waals surface area contributed by atoms with Gasteiger partial charge in [-0.2, -0.15) is 0 Å². The summed E-state index contributed by atoms with van der Waals surface area (Å²) in [7, 11) is 0. The molecule has 27 nitrogen and oxygen atoms in total. The van der Waals surface area contributed by atoms with E-state index < -0.39 is 22.4 Å². The molecule has 0 spiro atoms. The van der Waals surface area contributed by atoms with Gasteiger partial charge >= 0.3 is 24.4 Å². The molecule has 0 aliphatic carbocycles. The highest BCUT2D eigenvalue weighted by atomic mass is 35.5. The molecule has 0 aromatic carbocycles. The number of nitrogen functional groups attached to an aromatic ring is 2. The van der Waals surface area contributed by atoms with Crippen molar-refractivity contribution in [3.63, 3.8) is 0 Å². The van der Waals surface area contributed by atoms with Gasteiger partial charge in [-0.25, -0.2) is 39.1 Å². The van der Waals surface area contributed by atoms with Crippen LogP contribution >= 0.6 is 114 Å². The van der Waals surface area contributed by atoms with Crippen molar-refractivity contribution in [2.75, 3.05) is 41.1 Å². The quantitative estimate of drug-likeness (QED) is 0.0427. The molecule has 0 saturated carbocycles.